The van der Waals surface area contributed by atoms with Gasteiger partial charge in [-0.2, -0.15) is 0 Å². The van der Waals surface area contributed by atoms with Crippen molar-refractivity contribution in [1.29, 1.82) is 0 Å². The van der Waals surface area contributed by atoms with Gasteiger partial charge in [0.15, 0.2) is 17.3 Å². The normalized spacial score (nSPS) is 13.7. The van der Waals surface area contributed by atoms with Crippen LogP contribution in [0.3, 0.4) is 0 Å². The fraction of sp³-hybridized carbons (Fsp3) is 0.211. The van der Waals surface area contributed by atoms with Gasteiger partial charge in [-0.3, -0.25) is 4.79 Å². The molecule has 2 aromatic carbocycles. The number of ketones is 1. The number of fused-ring (bicyclic) bond motifs is 1. The van der Waals surface area contributed by atoms with E-state index in [9.17, 15) is 9.90 Å². The second kappa shape index (κ2) is 7.17. The smallest absolute Gasteiger partial charge is 0.231 e. The number of hydrogen-bond acceptors (Lipinski definition) is 6. The predicted molar refractivity (Wildman–Crippen MR) is 93.9 cm³/mol. The van der Waals surface area contributed by atoms with Crippen molar-refractivity contribution in [2.24, 2.45) is 0 Å². The Balaban J connectivity index is 0.00000225. The largest absolute Gasteiger partial charge is 0.508 e. The van der Waals surface area contributed by atoms with Gasteiger partial charge in [0.05, 0.1) is 26.9 Å². The van der Waals surface area contributed by atoms with E-state index in [4.69, 9.17) is 18.9 Å². The highest BCUT2D eigenvalue weighted by Gasteiger charge is 2.28. The van der Waals surface area contributed by atoms with Gasteiger partial charge in [-0.25, -0.2) is 0 Å². The lowest BCUT2D eigenvalue weighted by atomic mass is 10.1. The van der Waals surface area contributed by atoms with Crippen LogP contribution in [0, 0.1) is 0 Å². The van der Waals surface area contributed by atoms with Crippen LogP contribution in [-0.2, 0) is 0 Å². The van der Waals surface area contributed by atoms with Crippen molar-refractivity contribution in [3.05, 3.63) is 47.2 Å². The third-order valence-corrected chi connectivity index (χ3v) is 3.67. The first kappa shape index (κ1) is 18.2. The Kier molecular flexibility index (Phi) is 5.22. The van der Waals surface area contributed by atoms with E-state index in [2.05, 4.69) is 0 Å². The molecule has 0 radical (unpaired) electrons. The Morgan fingerprint density at radius 2 is 1.72 bits per heavy atom. The standard InChI is InChI=1S/C18H16O6.CH4/c1-21-13-7-4-10(17(22-2)18(13)23-3)8-15-16(20)12-6-5-11(19)9-14(12)24-15;/h4-9,19H,1-3H3;1H4/b15-8-;. The van der Waals surface area contributed by atoms with Crippen LogP contribution in [-0.4, -0.2) is 32.2 Å². The summed E-state index contributed by atoms with van der Waals surface area (Å²) in [6, 6.07) is 7.83. The topological polar surface area (TPSA) is 74.2 Å². The van der Waals surface area contributed by atoms with E-state index in [0.717, 1.165) is 0 Å². The number of hydrogen-bond donors (Lipinski definition) is 1. The number of carbonyl (C=O) groups is 1. The Bertz CT molecular complexity index is 838. The molecule has 0 atom stereocenters. The van der Waals surface area contributed by atoms with Gasteiger partial charge in [-0.15, -0.1) is 0 Å². The summed E-state index contributed by atoms with van der Waals surface area (Å²) in [6.07, 6.45) is 1.57. The molecule has 25 heavy (non-hydrogen) atoms. The number of methoxy groups -OCH3 is 3. The Labute approximate surface area is 146 Å². The van der Waals surface area contributed by atoms with Gasteiger partial charge in [0, 0.05) is 11.6 Å². The number of rotatable bonds is 4. The molecular formula is C19H20O6. The number of allylic oxidation sites excluding steroid dienone is 1. The van der Waals surface area contributed by atoms with Crippen LogP contribution in [0.25, 0.3) is 6.08 Å². The molecule has 0 aliphatic carbocycles. The summed E-state index contributed by atoms with van der Waals surface area (Å²) in [7, 11) is 4.54. The summed E-state index contributed by atoms with van der Waals surface area (Å²) < 4.78 is 21.5. The highest BCUT2D eigenvalue weighted by Crippen LogP contribution is 2.42. The number of benzene rings is 2. The van der Waals surface area contributed by atoms with Crippen LogP contribution in [0.1, 0.15) is 23.3 Å². The molecule has 2 aromatic rings. The average molecular weight is 344 g/mol. The van der Waals surface area contributed by atoms with E-state index >= 15 is 0 Å². The first-order chi connectivity index (χ1) is 11.6. The van der Waals surface area contributed by atoms with Gasteiger partial charge in [-0.05, 0) is 30.3 Å². The molecule has 6 heteroatoms. The van der Waals surface area contributed by atoms with Crippen LogP contribution in [0.4, 0.5) is 0 Å². The summed E-state index contributed by atoms with van der Waals surface area (Å²) in [6.45, 7) is 0. The number of phenols is 1. The molecule has 0 fully saturated rings. The lowest BCUT2D eigenvalue weighted by molar-refractivity contribution is 0.101. The minimum atomic E-state index is -0.262. The van der Waals surface area contributed by atoms with Crippen molar-refractivity contribution >= 4 is 11.9 Å². The van der Waals surface area contributed by atoms with Gasteiger partial charge in [0.25, 0.3) is 0 Å². The average Bonchev–Trinajstić information content (AvgIpc) is 2.89. The van der Waals surface area contributed by atoms with Crippen LogP contribution in [0.5, 0.6) is 28.7 Å². The second-order valence-electron chi connectivity index (χ2n) is 5.04. The molecular weight excluding hydrogens is 324 g/mol. The molecule has 0 unspecified atom stereocenters. The maximum absolute atomic E-state index is 12.4. The maximum atomic E-state index is 12.4. The van der Waals surface area contributed by atoms with Gasteiger partial charge >= 0.3 is 0 Å². The number of phenolic OH excluding ortho intramolecular Hbond substituents is 1. The summed E-state index contributed by atoms with van der Waals surface area (Å²) in [5, 5.41) is 9.51. The van der Waals surface area contributed by atoms with Crippen LogP contribution < -0.4 is 18.9 Å². The molecule has 6 nitrogen and oxygen atoms in total. The zero-order valence-corrected chi connectivity index (χ0v) is 13.5. The first-order valence-electron chi connectivity index (χ1n) is 7.15. The second-order valence-corrected chi connectivity index (χ2v) is 5.04. The molecule has 0 aromatic heterocycles. The number of Topliss-reactive ketones (excluding diaryl/α,β-unsaturated/α-hetero) is 1. The highest BCUT2D eigenvalue weighted by molar-refractivity contribution is 6.14. The van der Waals surface area contributed by atoms with E-state index in [-0.39, 0.29) is 24.7 Å². The molecule has 0 spiro atoms. The Morgan fingerprint density at radius 3 is 2.36 bits per heavy atom. The van der Waals surface area contributed by atoms with Crippen LogP contribution in [0.15, 0.2) is 36.1 Å². The number of aromatic hydroxyl groups is 1. The summed E-state index contributed by atoms with van der Waals surface area (Å²) in [5.41, 5.74) is 1.01. The molecule has 0 saturated heterocycles. The van der Waals surface area contributed by atoms with Crippen molar-refractivity contribution in [2.75, 3.05) is 21.3 Å². The van der Waals surface area contributed by atoms with Gasteiger partial charge in [-0.1, -0.05) is 7.43 Å². The fourth-order valence-corrected chi connectivity index (χ4v) is 2.55. The fourth-order valence-electron chi connectivity index (χ4n) is 2.55. The molecule has 132 valence electrons. The van der Waals surface area contributed by atoms with Crippen molar-refractivity contribution < 1.29 is 28.8 Å². The summed E-state index contributed by atoms with van der Waals surface area (Å²) >= 11 is 0. The monoisotopic (exact) mass is 344 g/mol. The lowest BCUT2D eigenvalue weighted by Crippen LogP contribution is -2.00. The number of carbonyl (C=O) groups excluding carboxylic acids is 1. The van der Waals surface area contributed by atoms with E-state index in [0.29, 0.717) is 34.1 Å². The SMILES string of the molecule is C.COc1ccc(/C=C2\Oc3cc(O)ccc3C2=O)c(OC)c1OC. The predicted octanol–water partition coefficient (Wildman–Crippen LogP) is 3.67. The molecule has 3 rings (SSSR count). The van der Waals surface area contributed by atoms with Crippen molar-refractivity contribution in [2.45, 2.75) is 7.43 Å². The van der Waals surface area contributed by atoms with Crippen molar-refractivity contribution in [3.63, 3.8) is 0 Å². The Hall–Kier alpha value is -3.15. The van der Waals surface area contributed by atoms with Crippen LogP contribution in [0.2, 0.25) is 0 Å². The molecule has 0 amide bonds. The molecule has 1 aliphatic rings. The minimum Gasteiger partial charge on any atom is -0.508 e. The minimum absolute atomic E-state index is 0. The summed E-state index contributed by atoms with van der Waals surface area (Å²) in [4.78, 5) is 12.4. The van der Waals surface area contributed by atoms with E-state index in [1.807, 2.05) is 0 Å². The third kappa shape index (κ3) is 3.10. The molecule has 1 heterocycles. The number of ether oxygens (including phenoxy) is 4. The van der Waals surface area contributed by atoms with Gasteiger partial charge in [0.1, 0.15) is 11.5 Å². The van der Waals surface area contributed by atoms with Gasteiger partial charge < -0.3 is 24.1 Å². The third-order valence-electron chi connectivity index (χ3n) is 3.67. The maximum Gasteiger partial charge on any atom is 0.231 e. The lowest BCUT2D eigenvalue weighted by Gasteiger charge is -2.14. The van der Waals surface area contributed by atoms with Crippen molar-refractivity contribution in [3.8, 4) is 28.7 Å². The van der Waals surface area contributed by atoms with Crippen LogP contribution >= 0.6 is 0 Å². The zero-order valence-electron chi connectivity index (χ0n) is 13.5. The van der Waals surface area contributed by atoms with E-state index < -0.39 is 0 Å². The van der Waals surface area contributed by atoms with Gasteiger partial charge in [0.2, 0.25) is 11.5 Å². The molecule has 0 bridgehead atoms. The van der Waals surface area contributed by atoms with E-state index in [1.165, 1.54) is 39.5 Å². The zero-order chi connectivity index (χ0) is 17.3. The Morgan fingerprint density at radius 1 is 1.00 bits per heavy atom. The molecule has 1 N–H and O–H groups in total. The first-order valence-corrected chi connectivity index (χ1v) is 7.15. The molecule has 1 aliphatic heterocycles. The van der Waals surface area contributed by atoms with Crippen molar-refractivity contribution in [1.82, 2.24) is 0 Å². The summed E-state index contributed by atoms with van der Waals surface area (Å²) in [5.74, 6) is 1.61. The van der Waals surface area contributed by atoms with E-state index in [1.54, 1.807) is 18.2 Å². The quantitative estimate of drug-likeness (QED) is 0.853. The highest BCUT2D eigenvalue weighted by atomic mass is 16.5. The molecule has 0 saturated carbocycles.